The summed E-state index contributed by atoms with van der Waals surface area (Å²) in [5.41, 5.74) is 0. The molecule has 0 spiro atoms. The van der Waals surface area contributed by atoms with Crippen LogP contribution in [-0.2, 0) is 9.59 Å². The molecule has 3 rings (SSSR count). The van der Waals surface area contributed by atoms with Crippen molar-refractivity contribution in [3.05, 3.63) is 0 Å². The molecule has 5 nitrogen and oxygen atoms in total. The number of piperidine rings is 1. The fraction of sp³-hybridized carbons (Fsp3) is 0.875. The third-order valence-electron chi connectivity index (χ3n) is 5.28. The highest BCUT2D eigenvalue weighted by molar-refractivity contribution is 5.82. The Kier molecular flexibility index (Phi) is 4.48. The quantitative estimate of drug-likeness (QED) is 0.810. The molecular weight excluding hydrogens is 268 g/mol. The molecule has 0 aromatic rings. The highest BCUT2D eigenvalue weighted by atomic mass is 16.3. The van der Waals surface area contributed by atoms with Crippen molar-refractivity contribution in [3.8, 4) is 0 Å². The zero-order valence-electron chi connectivity index (χ0n) is 12.6. The van der Waals surface area contributed by atoms with Gasteiger partial charge >= 0.3 is 0 Å². The summed E-state index contributed by atoms with van der Waals surface area (Å²) in [6.07, 6.45) is 7.08. The van der Waals surface area contributed by atoms with E-state index in [1.807, 2.05) is 4.90 Å². The maximum absolute atomic E-state index is 12.5. The van der Waals surface area contributed by atoms with E-state index in [-0.39, 0.29) is 42.2 Å². The van der Waals surface area contributed by atoms with Crippen LogP contribution in [0.3, 0.4) is 0 Å². The van der Waals surface area contributed by atoms with E-state index in [4.69, 9.17) is 0 Å². The highest BCUT2D eigenvalue weighted by Crippen LogP contribution is 2.31. The molecule has 0 unspecified atom stereocenters. The number of nitrogens with one attached hydrogen (secondary N) is 1. The van der Waals surface area contributed by atoms with E-state index in [2.05, 4.69) is 5.32 Å². The van der Waals surface area contributed by atoms with Gasteiger partial charge in [0.15, 0.2) is 0 Å². The average molecular weight is 294 g/mol. The van der Waals surface area contributed by atoms with Crippen molar-refractivity contribution in [2.45, 2.75) is 51.0 Å². The summed E-state index contributed by atoms with van der Waals surface area (Å²) in [6, 6.07) is -0.0813. The first-order valence-electron chi connectivity index (χ1n) is 8.39. The van der Waals surface area contributed by atoms with Crippen molar-refractivity contribution in [1.29, 1.82) is 0 Å². The molecule has 3 aliphatic rings. The summed E-state index contributed by atoms with van der Waals surface area (Å²) in [5.74, 6) is 0.809. The van der Waals surface area contributed by atoms with Gasteiger partial charge in [-0.2, -0.15) is 0 Å². The molecule has 2 saturated carbocycles. The predicted octanol–water partition coefficient (Wildman–Crippen LogP) is 0.912. The van der Waals surface area contributed by atoms with Gasteiger partial charge in [0.2, 0.25) is 11.8 Å². The maximum atomic E-state index is 12.5. The molecule has 1 aliphatic heterocycles. The third kappa shape index (κ3) is 3.39. The minimum absolute atomic E-state index is 0.0813. The minimum atomic E-state index is -0.0813. The summed E-state index contributed by atoms with van der Waals surface area (Å²) >= 11 is 0. The number of rotatable bonds is 4. The Hall–Kier alpha value is -1.10. The molecule has 5 heteroatoms. The molecule has 0 radical (unpaired) electrons. The van der Waals surface area contributed by atoms with E-state index in [9.17, 15) is 14.7 Å². The molecule has 0 aromatic heterocycles. The molecular formula is C16H26N2O3. The molecule has 1 heterocycles. The lowest BCUT2D eigenvalue weighted by molar-refractivity contribution is -0.138. The van der Waals surface area contributed by atoms with Gasteiger partial charge < -0.3 is 15.3 Å². The van der Waals surface area contributed by atoms with E-state index in [0.717, 1.165) is 51.5 Å². The number of hydrogen-bond acceptors (Lipinski definition) is 3. The number of hydrogen-bond donors (Lipinski definition) is 2. The zero-order valence-corrected chi connectivity index (χ0v) is 12.6. The van der Waals surface area contributed by atoms with Gasteiger partial charge in [-0.25, -0.2) is 0 Å². The number of amides is 2. The van der Waals surface area contributed by atoms with Crippen LogP contribution in [0.1, 0.15) is 44.9 Å². The van der Waals surface area contributed by atoms with Gasteiger partial charge in [0, 0.05) is 37.5 Å². The standard InChI is InChI=1S/C16H26N2O3/c19-10-13-7-8-18(16(21)12-3-1-2-4-12)9-14(13)17-15(20)11-5-6-11/h11-14,19H,1-10H2,(H,17,20)/t13-,14-/m1/s1. The van der Waals surface area contributed by atoms with Crippen molar-refractivity contribution >= 4 is 11.8 Å². The van der Waals surface area contributed by atoms with Crippen LogP contribution in [0.25, 0.3) is 0 Å². The predicted molar refractivity (Wildman–Crippen MR) is 78.4 cm³/mol. The first-order chi connectivity index (χ1) is 10.2. The molecule has 0 aromatic carbocycles. The number of likely N-dealkylation sites (tertiary alicyclic amines) is 1. The van der Waals surface area contributed by atoms with Crippen LogP contribution in [0, 0.1) is 17.8 Å². The molecule has 21 heavy (non-hydrogen) atoms. The van der Waals surface area contributed by atoms with Crippen LogP contribution in [-0.4, -0.2) is 47.6 Å². The molecule has 0 bridgehead atoms. The molecule has 2 aliphatic carbocycles. The summed E-state index contributed by atoms with van der Waals surface area (Å²) in [7, 11) is 0. The average Bonchev–Trinajstić information content (AvgIpc) is 3.22. The van der Waals surface area contributed by atoms with Gasteiger partial charge in [-0.15, -0.1) is 0 Å². The van der Waals surface area contributed by atoms with Gasteiger partial charge in [-0.3, -0.25) is 9.59 Å². The Morgan fingerprint density at radius 1 is 1.05 bits per heavy atom. The van der Waals surface area contributed by atoms with Crippen LogP contribution in [0.2, 0.25) is 0 Å². The number of nitrogens with zero attached hydrogens (tertiary/aromatic N) is 1. The smallest absolute Gasteiger partial charge is 0.225 e. The fourth-order valence-corrected chi connectivity index (χ4v) is 3.66. The van der Waals surface area contributed by atoms with Crippen molar-refractivity contribution in [1.82, 2.24) is 10.2 Å². The van der Waals surface area contributed by atoms with E-state index >= 15 is 0 Å². The Labute approximate surface area is 126 Å². The molecule has 2 amide bonds. The molecule has 3 fully saturated rings. The lowest BCUT2D eigenvalue weighted by atomic mass is 9.91. The van der Waals surface area contributed by atoms with Crippen molar-refractivity contribution < 1.29 is 14.7 Å². The summed E-state index contributed by atoms with van der Waals surface area (Å²) in [5, 5.41) is 12.6. The maximum Gasteiger partial charge on any atom is 0.225 e. The van der Waals surface area contributed by atoms with E-state index in [0.29, 0.717) is 6.54 Å². The molecule has 2 atom stereocenters. The number of carbonyl (C=O) groups is 2. The first kappa shape index (κ1) is 14.8. The zero-order chi connectivity index (χ0) is 14.8. The van der Waals surface area contributed by atoms with Crippen molar-refractivity contribution in [2.24, 2.45) is 17.8 Å². The van der Waals surface area contributed by atoms with Gasteiger partial charge in [-0.05, 0) is 32.1 Å². The fourth-order valence-electron chi connectivity index (χ4n) is 3.66. The Balaban J connectivity index is 1.59. The van der Waals surface area contributed by atoms with E-state index in [1.165, 1.54) is 0 Å². The van der Waals surface area contributed by atoms with Crippen LogP contribution in [0.4, 0.5) is 0 Å². The Morgan fingerprint density at radius 3 is 2.38 bits per heavy atom. The lowest BCUT2D eigenvalue weighted by Crippen LogP contribution is -2.56. The van der Waals surface area contributed by atoms with E-state index in [1.54, 1.807) is 0 Å². The van der Waals surface area contributed by atoms with Gasteiger partial charge in [0.1, 0.15) is 0 Å². The van der Waals surface area contributed by atoms with Crippen LogP contribution >= 0.6 is 0 Å². The number of aliphatic hydroxyl groups is 1. The monoisotopic (exact) mass is 294 g/mol. The minimum Gasteiger partial charge on any atom is -0.396 e. The first-order valence-corrected chi connectivity index (χ1v) is 8.39. The topological polar surface area (TPSA) is 69.6 Å². The van der Waals surface area contributed by atoms with Crippen LogP contribution in [0.15, 0.2) is 0 Å². The van der Waals surface area contributed by atoms with Crippen LogP contribution in [0.5, 0.6) is 0 Å². The second kappa shape index (κ2) is 6.34. The van der Waals surface area contributed by atoms with E-state index < -0.39 is 0 Å². The van der Waals surface area contributed by atoms with Gasteiger partial charge in [0.05, 0.1) is 6.04 Å². The number of aliphatic hydroxyl groups excluding tert-OH is 1. The van der Waals surface area contributed by atoms with Gasteiger partial charge in [-0.1, -0.05) is 12.8 Å². The van der Waals surface area contributed by atoms with Crippen molar-refractivity contribution in [3.63, 3.8) is 0 Å². The van der Waals surface area contributed by atoms with Gasteiger partial charge in [0.25, 0.3) is 0 Å². The largest absolute Gasteiger partial charge is 0.396 e. The molecule has 1 saturated heterocycles. The summed E-state index contributed by atoms with van der Waals surface area (Å²) in [4.78, 5) is 26.4. The SMILES string of the molecule is O=C(N[C@@H]1CN(C(=O)C2CCCC2)CC[C@@H]1CO)C1CC1. The summed E-state index contributed by atoms with van der Waals surface area (Å²) < 4.78 is 0. The number of carbonyl (C=O) groups excluding carboxylic acids is 2. The highest BCUT2D eigenvalue weighted by Gasteiger charge is 2.37. The molecule has 2 N–H and O–H groups in total. The summed E-state index contributed by atoms with van der Waals surface area (Å²) in [6.45, 7) is 1.37. The normalized spacial score (nSPS) is 30.4. The lowest BCUT2D eigenvalue weighted by Gasteiger charge is -2.39. The van der Waals surface area contributed by atoms with Crippen LogP contribution < -0.4 is 5.32 Å². The second-order valence-corrected chi connectivity index (χ2v) is 6.89. The Morgan fingerprint density at radius 2 is 1.76 bits per heavy atom. The molecule has 118 valence electrons. The second-order valence-electron chi connectivity index (χ2n) is 6.89. The van der Waals surface area contributed by atoms with Crippen molar-refractivity contribution in [2.75, 3.05) is 19.7 Å². The third-order valence-corrected chi connectivity index (χ3v) is 5.28. The Bertz CT molecular complexity index is 402.